The van der Waals surface area contributed by atoms with E-state index >= 15 is 0 Å². The van der Waals surface area contributed by atoms with Crippen LogP contribution in [0.3, 0.4) is 0 Å². The Kier molecular flexibility index (Phi) is 4.60. The fraction of sp³-hybridized carbons (Fsp3) is 0.333. The third kappa shape index (κ3) is 2.93. The third-order valence-corrected chi connectivity index (χ3v) is 4.13. The molecule has 0 aliphatic heterocycles. The Balaban J connectivity index is 2.44. The van der Waals surface area contributed by atoms with Gasteiger partial charge in [0.1, 0.15) is 5.82 Å². The number of nitrogens with zero attached hydrogens (tertiary/aromatic N) is 2. The largest absolute Gasteiger partial charge is 0.387 e. The lowest BCUT2D eigenvalue weighted by atomic mass is 10.1. The summed E-state index contributed by atoms with van der Waals surface area (Å²) < 4.78 is 1.06. The molecule has 1 aromatic carbocycles. The van der Waals surface area contributed by atoms with Gasteiger partial charge in [-0.3, -0.25) is 5.41 Å². The fourth-order valence-corrected chi connectivity index (χ4v) is 2.70. The lowest BCUT2D eigenvalue weighted by molar-refractivity contribution is 0.692. The number of amidine groups is 1. The summed E-state index contributed by atoms with van der Waals surface area (Å²) in [6.07, 6.45) is 1.82. The summed E-state index contributed by atoms with van der Waals surface area (Å²) in [5.74, 6) is 1.17. The van der Waals surface area contributed by atoms with Crippen molar-refractivity contribution >= 4 is 38.4 Å². The molecule has 0 radical (unpaired) electrons. The molecule has 3 N–H and O–H groups in total. The summed E-state index contributed by atoms with van der Waals surface area (Å²) in [4.78, 5) is 6.69. The molecular weight excluding hydrogens is 316 g/mol. The second-order valence-corrected chi connectivity index (χ2v) is 5.72. The van der Waals surface area contributed by atoms with E-state index in [0.29, 0.717) is 6.54 Å². The number of hydrogen-bond acceptors (Lipinski definition) is 3. The molecular formula is C15H19BrN4. The van der Waals surface area contributed by atoms with Crippen LogP contribution >= 0.6 is 15.9 Å². The summed E-state index contributed by atoms with van der Waals surface area (Å²) in [7, 11) is 0. The van der Waals surface area contributed by atoms with Crippen molar-refractivity contribution in [2.75, 3.05) is 18.0 Å². The van der Waals surface area contributed by atoms with Crippen molar-refractivity contribution in [1.82, 2.24) is 4.98 Å². The Bertz CT molecular complexity index is 626. The number of fused-ring (bicyclic) bond motifs is 1. The Morgan fingerprint density at radius 1 is 1.40 bits per heavy atom. The van der Waals surface area contributed by atoms with Gasteiger partial charge in [0.25, 0.3) is 0 Å². The van der Waals surface area contributed by atoms with Crippen LogP contribution in [0.5, 0.6) is 0 Å². The van der Waals surface area contributed by atoms with Gasteiger partial charge in [-0.2, -0.15) is 0 Å². The minimum Gasteiger partial charge on any atom is -0.387 e. The van der Waals surface area contributed by atoms with E-state index in [1.54, 1.807) is 0 Å². The number of pyridine rings is 1. The highest BCUT2D eigenvalue weighted by Crippen LogP contribution is 2.29. The summed E-state index contributed by atoms with van der Waals surface area (Å²) in [6.45, 7) is 5.58. The summed E-state index contributed by atoms with van der Waals surface area (Å²) in [6, 6.07) is 8.12. The van der Waals surface area contributed by atoms with Crippen LogP contribution in [-0.2, 0) is 0 Å². The SMILES string of the molecule is CCN(CC(C)C(=N)N)c1nccc2c(Br)cccc12. The van der Waals surface area contributed by atoms with Gasteiger partial charge >= 0.3 is 0 Å². The molecule has 2 rings (SSSR count). The number of benzene rings is 1. The van der Waals surface area contributed by atoms with E-state index in [1.165, 1.54) is 0 Å². The Hall–Kier alpha value is -1.62. The third-order valence-electron chi connectivity index (χ3n) is 3.44. The van der Waals surface area contributed by atoms with Gasteiger partial charge in [-0.1, -0.05) is 35.0 Å². The molecule has 0 saturated heterocycles. The van der Waals surface area contributed by atoms with Crippen LogP contribution in [0.1, 0.15) is 13.8 Å². The molecule has 1 aromatic heterocycles. The minimum atomic E-state index is 0.0131. The van der Waals surface area contributed by atoms with E-state index in [2.05, 4.69) is 38.8 Å². The highest BCUT2D eigenvalue weighted by Gasteiger charge is 2.15. The predicted octanol–water partition coefficient (Wildman–Crippen LogP) is 3.40. The molecule has 0 saturated carbocycles. The first-order chi connectivity index (χ1) is 9.54. The van der Waals surface area contributed by atoms with Crippen molar-refractivity contribution in [3.8, 4) is 0 Å². The topological polar surface area (TPSA) is 66.0 Å². The number of anilines is 1. The maximum atomic E-state index is 7.55. The average Bonchev–Trinajstić information content (AvgIpc) is 2.44. The summed E-state index contributed by atoms with van der Waals surface area (Å²) >= 11 is 3.58. The zero-order valence-corrected chi connectivity index (χ0v) is 13.3. The Morgan fingerprint density at radius 3 is 2.80 bits per heavy atom. The molecule has 20 heavy (non-hydrogen) atoms. The van der Waals surface area contributed by atoms with Crippen LogP contribution in [0.15, 0.2) is 34.9 Å². The normalized spacial score (nSPS) is 12.3. The molecule has 1 atom stereocenters. The van der Waals surface area contributed by atoms with Crippen LogP contribution < -0.4 is 10.6 Å². The second kappa shape index (κ2) is 6.22. The van der Waals surface area contributed by atoms with Crippen LogP contribution in [-0.4, -0.2) is 23.9 Å². The lowest BCUT2D eigenvalue weighted by Gasteiger charge is -2.26. The first-order valence-corrected chi connectivity index (χ1v) is 7.46. The van der Waals surface area contributed by atoms with E-state index < -0.39 is 0 Å². The van der Waals surface area contributed by atoms with Crippen molar-refractivity contribution in [3.63, 3.8) is 0 Å². The fourth-order valence-electron chi connectivity index (χ4n) is 2.20. The minimum absolute atomic E-state index is 0.0131. The van der Waals surface area contributed by atoms with Gasteiger partial charge < -0.3 is 10.6 Å². The molecule has 1 heterocycles. The van der Waals surface area contributed by atoms with Gasteiger partial charge in [0.15, 0.2) is 0 Å². The zero-order chi connectivity index (χ0) is 14.7. The quantitative estimate of drug-likeness (QED) is 0.650. The molecule has 0 spiro atoms. The van der Waals surface area contributed by atoms with Gasteiger partial charge in [-0.25, -0.2) is 4.98 Å². The Morgan fingerprint density at radius 2 is 2.15 bits per heavy atom. The van der Waals surface area contributed by atoms with Crippen molar-refractivity contribution in [1.29, 1.82) is 5.41 Å². The average molecular weight is 335 g/mol. The van der Waals surface area contributed by atoms with Crippen molar-refractivity contribution in [2.45, 2.75) is 13.8 Å². The van der Waals surface area contributed by atoms with E-state index in [9.17, 15) is 0 Å². The first kappa shape index (κ1) is 14.8. The highest BCUT2D eigenvalue weighted by atomic mass is 79.9. The number of rotatable bonds is 5. The van der Waals surface area contributed by atoms with Crippen LogP contribution in [0.4, 0.5) is 5.82 Å². The van der Waals surface area contributed by atoms with Crippen molar-refractivity contribution in [2.24, 2.45) is 11.7 Å². The van der Waals surface area contributed by atoms with Crippen LogP contribution in [0.2, 0.25) is 0 Å². The Labute approximate surface area is 127 Å². The van der Waals surface area contributed by atoms with E-state index in [-0.39, 0.29) is 11.8 Å². The monoisotopic (exact) mass is 334 g/mol. The van der Waals surface area contributed by atoms with E-state index in [1.807, 2.05) is 31.3 Å². The van der Waals surface area contributed by atoms with Crippen LogP contribution in [0.25, 0.3) is 10.8 Å². The standard InChI is InChI=1S/C15H19BrN4/c1-3-20(9-10(2)14(17)18)15-12-5-4-6-13(16)11(12)7-8-19-15/h4-8,10H,3,9H2,1-2H3,(H3,17,18). The zero-order valence-electron chi connectivity index (χ0n) is 11.7. The molecule has 0 fully saturated rings. The smallest absolute Gasteiger partial charge is 0.136 e. The molecule has 0 aliphatic rings. The number of aromatic nitrogens is 1. The lowest BCUT2D eigenvalue weighted by Crippen LogP contribution is -2.35. The van der Waals surface area contributed by atoms with Gasteiger partial charge in [0, 0.05) is 40.4 Å². The molecule has 4 nitrogen and oxygen atoms in total. The maximum absolute atomic E-state index is 7.55. The molecule has 1 unspecified atom stereocenters. The van der Waals surface area contributed by atoms with Crippen molar-refractivity contribution < 1.29 is 0 Å². The van der Waals surface area contributed by atoms with Crippen molar-refractivity contribution in [3.05, 3.63) is 34.9 Å². The van der Waals surface area contributed by atoms with Gasteiger partial charge in [0.2, 0.25) is 0 Å². The maximum Gasteiger partial charge on any atom is 0.136 e. The molecule has 0 bridgehead atoms. The van der Waals surface area contributed by atoms with E-state index in [4.69, 9.17) is 11.1 Å². The summed E-state index contributed by atoms with van der Waals surface area (Å²) in [5, 5.41) is 9.81. The second-order valence-electron chi connectivity index (χ2n) is 4.86. The first-order valence-electron chi connectivity index (χ1n) is 6.66. The van der Waals surface area contributed by atoms with Crippen LogP contribution in [0, 0.1) is 11.3 Å². The van der Waals surface area contributed by atoms with Gasteiger partial charge in [-0.05, 0) is 19.1 Å². The highest BCUT2D eigenvalue weighted by molar-refractivity contribution is 9.10. The number of nitrogens with one attached hydrogen (secondary N) is 1. The molecule has 0 aliphatic carbocycles. The molecule has 5 heteroatoms. The molecule has 2 aromatic rings. The predicted molar refractivity (Wildman–Crippen MR) is 88.4 cm³/mol. The van der Waals surface area contributed by atoms with Gasteiger partial charge in [-0.15, -0.1) is 0 Å². The number of halogens is 1. The number of nitrogens with two attached hydrogens (primary N) is 1. The number of hydrogen-bond donors (Lipinski definition) is 2. The molecule has 106 valence electrons. The summed E-state index contributed by atoms with van der Waals surface area (Å²) in [5.41, 5.74) is 5.58. The van der Waals surface area contributed by atoms with E-state index in [0.717, 1.165) is 27.6 Å². The van der Waals surface area contributed by atoms with Gasteiger partial charge in [0.05, 0.1) is 5.84 Å². The molecule has 0 amide bonds.